The first-order valence-electron chi connectivity index (χ1n) is 5.76. The average Bonchev–Trinajstić information content (AvgIpc) is 2.31. The molecule has 0 atom stereocenters. The number of amides is 1. The Kier molecular flexibility index (Phi) is 5.84. The molecule has 0 bridgehead atoms. The Bertz CT molecular complexity index is 524. The van der Waals surface area contributed by atoms with Crippen molar-refractivity contribution in [3.63, 3.8) is 0 Å². The zero-order chi connectivity index (χ0) is 14.5. The molecule has 0 radical (unpaired) electrons. The van der Waals surface area contributed by atoms with Crippen molar-refractivity contribution in [1.82, 2.24) is 9.62 Å². The van der Waals surface area contributed by atoms with E-state index in [9.17, 15) is 13.2 Å². The Morgan fingerprint density at radius 3 is 2.37 bits per heavy atom. The van der Waals surface area contributed by atoms with Crippen LogP contribution in [0, 0.1) is 0 Å². The van der Waals surface area contributed by atoms with Gasteiger partial charge in [0.15, 0.2) is 0 Å². The van der Waals surface area contributed by atoms with E-state index in [-0.39, 0.29) is 24.6 Å². The number of nitrogens with zero attached hydrogens (tertiary/aromatic N) is 1. The molecule has 0 aromatic heterocycles. The van der Waals surface area contributed by atoms with Gasteiger partial charge in [-0.2, -0.15) is 0 Å². The monoisotopic (exact) mass is 302 g/mol. The van der Waals surface area contributed by atoms with Crippen molar-refractivity contribution in [1.29, 1.82) is 0 Å². The SMILES string of the molecule is CN(C)S(=O)(=O)CCNC(=O)Cc1ccc(S)cc1. The summed E-state index contributed by atoms with van der Waals surface area (Å²) in [4.78, 5) is 12.4. The quantitative estimate of drug-likeness (QED) is 0.753. The van der Waals surface area contributed by atoms with Crippen LogP contribution >= 0.6 is 12.6 Å². The molecule has 0 aliphatic rings. The molecule has 0 unspecified atom stereocenters. The zero-order valence-corrected chi connectivity index (χ0v) is 12.7. The minimum absolute atomic E-state index is 0.0959. The van der Waals surface area contributed by atoms with Crippen molar-refractivity contribution in [2.45, 2.75) is 11.3 Å². The highest BCUT2D eigenvalue weighted by Gasteiger charge is 2.13. The van der Waals surface area contributed by atoms with Crippen molar-refractivity contribution in [2.75, 3.05) is 26.4 Å². The van der Waals surface area contributed by atoms with Gasteiger partial charge >= 0.3 is 0 Å². The van der Waals surface area contributed by atoms with Gasteiger partial charge in [-0.3, -0.25) is 4.79 Å². The summed E-state index contributed by atoms with van der Waals surface area (Å²) >= 11 is 4.16. The summed E-state index contributed by atoms with van der Waals surface area (Å²) in [6.45, 7) is 0.115. The van der Waals surface area contributed by atoms with E-state index in [0.717, 1.165) is 14.8 Å². The van der Waals surface area contributed by atoms with E-state index in [0.29, 0.717) is 0 Å². The molecule has 0 fully saturated rings. The van der Waals surface area contributed by atoms with Gasteiger partial charge in [0.2, 0.25) is 15.9 Å². The number of benzene rings is 1. The van der Waals surface area contributed by atoms with Gasteiger partial charge in [0.1, 0.15) is 0 Å². The van der Waals surface area contributed by atoms with E-state index < -0.39 is 10.0 Å². The van der Waals surface area contributed by atoms with Gasteiger partial charge in [-0.25, -0.2) is 12.7 Å². The highest BCUT2D eigenvalue weighted by molar-refractivity contribution is 7.89. The van der Waals surface area contributed by atoms with E-state index in [1.807, 2.05) is 24.3 Å². The first kappa shape index (κ1) is 16.0. The van der Waals surface area contributed by atoms with Crippen molar-refractivity contribution in [3.8, 4) is 0 Å². The number of rotatable bonds is 6. The lowest BCUT2D eigenvalue weighted by Gasteiger charge is -2.11. The number of carbonyl (C=O) groups excluding carboxylic acids is 1. The van der Waals surface area contributed by atoms with Crippen LogP contribution in [-0.2, 0) is 21.2 Å². The number of nitrogens with one attached hydrogen (secondary N) is 1. The lowest BCUT2D eigenvalue weighted by molar-refractivity contribution is -0.120. The molecule has 0 spiro atoms. The molecule has 0 aliphatic heterocycles. The van der Waals surface area contributed by atoms with E-state index in [1.165, 1.54) is 14.1 Å². The summed E-state index contributed by atoms with van der Waals surface area (Å²) in [5, 5.41) is 2.59. The molecule has 1 aromatic carbocycles. The summed E-state index contributed by atoms with van der Waals surface area (Å²) in [6, 6.07) is 7.25. The summed E-state index contributed by atoms with van der Waals surface area (Å²) in [5.74, 6) is -0.290. The third-order valence-corrected chi connectivity index (χ3v) is 4.67. The molecular weight excluding hydrogens is 284 g/mol. The van der Waals surface area contributed by atoms with Gasteiger partial charge in [0.05, 0.1) is 12.2 Å². The van der Waals surface area contributed by atoms with Gasteiger partial charge in [-0.1, -0.05) is 12.1 Å². The van der Waals surface area contributed by atoms with Crippen molar-refractivity contribution in [2.24, 2.45) is 0 Å². The van der Waals surface area contributed by atoms with Crippen LogP contribution in [0.15, 0.2) is 29.2 Å². The Balaban J connectivity index is 2.39. The van der Waals surface area contributed by atoms with E-state index in [2.05, 4.69) is 17.9 Å². The summed E-state index contributed by atoms with van der Waals surface area (Å²) in [5.41, 5.74) is 0.866. The maximum Gasteiger partial charge on any atom is 0.224 e. The first-order chi connectivity index (χ1) is 8.81. The van der Waals surface area contributed by atoms with Crippen molar-refractivity contribution < 1.29 is 13.2 Å². The summed E-state index contributed by atoms with van der Waals surface area (Å²) in [6.07, 6.45) is 0.232. The van der Waals surface area contributed by atoms with Crippen LogP contribution in [-0.4, -0.2) is 45.0 Å². The maximum absolute atomic E-state index is 11.6. The first-order valence-corrected chi connectivity index (χ1v) is 7.82. The van der Waals surface area contributed by atoms with Crippen molar-refractivity contribution >= 4 is 28.6 Å². The van der Waals surface area contributed by atoms with Gasteiger partial charge in [0.25, 0.3) is 0 Å². The molecule has 1 amide bonds. The molecule has 5 nitrogen and oxygen atoms in total. The molecule has 7 heteroatoms. The summed E-state index contributed by atoms with van der Waals surface area (Å²) < 4.78 is 24.1. The molecule has 0 heterocycles. The third-order valence-electron chi connectivity index (χ3n) is 2.54. The second-order valence-corrected chi connectivity index (χ2v) is 7.11. The Hall–Kier alpha value is -1.05. The van der Waals surface area contributed by atoms with Crippen LogP contribution in [0.5, 0.6) is 0 Å². The third kappa shape index (κ3) is 5.63. The average molecular weight is 302 g/mol. The number of hydrogen-bond donors (Lipinski definition) is 2. The smallest absolute Gasteiger partial charge is 0.224 e. The molecule has 1 aromatic rings. The molecule has 1 N–H and O–H groups in total. The largest absolute Gasteiger partial charge is 0.355 e. The lowest BCUT2D eigenvalue weighted by Crippen LogP contribution is -2.34. The molecule has 106 valence electrons. The topological polar surface area (TPSA) is 66.5 Å². The molecule has 0 aliphatic carbocycles. The minimum atomic E-state index is -3.26. The van der Waals surface area contributed by atoms with Crippen LogP contribution in [0.4, 0.5) is 0 Å². The van der Waals surface area contributed by atoms with Crippen LogP contribution in [0.25, 0.3) is 0 Å². The molecule has 0 saturated heterocycles. The maximum atomic E-state index is 11.6. The molecule has 19 heavy (non-hydrogen) atoms. The van der Waals surface area contributed by atoms with Crippen molar-refractivity contribution in [3.05, 3.63) is 29.8 Å². The number of carbonyl (C=O) groups is 1. The van der Waals surface area contributed by atoms with E-state index in [4.69, 9.17) is 0 Å². The Labute approximate surface area is 119 Å². The van der Waals surface area contributed by atoms with Gasteiger partial charge < -0.3 is 5.32 Å². The number of hydrogen-bond acceptors (Lipinski definition) is 4. The molecule has 1 rings (SSSR count). The second-order valence-electron chi connectivity index (χ2n) is 4.29. The fraction of sp³-hybridized carbons (Fsp3) is 0.417. The lowest BCUT2D eigenvalue weighted by atomic mass is 10.1. The number of thiol groups is 1. The zero-order valence-electron chi connectivity index (χ0n) is 11.0. The highest BCUT2D eigenvalue weighted by atomic mass is 32.2. The fourth-order valence-corrected chi connectivity index (χ4v) is 2.24. The number of sulfonamides is 1. The van der Waals surface area contributed by atoms with Gasteiger partial charge in [-0.05, 0) is 17.7 Å². The molecule has 0 saturated carbocycles. The van der Waals surface area contributed by atoms with Crippen LogP contribution in [0.2, 0.25) is 0 Å². The second kappa shape index (κ2) is 6.93. The van der Waals surface area contributed by atoms with Crippen LogP contribution in [0.3, 0.4) is 0 Å². The van der Waals surface area contributed by atoms with Gasteiger partial charge in [-0.15, -0.1) is 12.6 Å². The molecular formula is C12H18N2O3S2. The summed E-state index contributed by atoms with van der Waals surface area (Å²) in [7, 11) is -0.327. The van der Waals surface area contributed by atoms with E-state index in [1.54, 1.807) is 0 Å². The van der Waals surface area contributed by atoms with Gasteiger partial charge in [0, 0.05) is 25.5 Å². The predicted octanol–water partition coefficient (Wildman–Crippen LogP) is 0.525. The van der Waals surface area contributed by atoms with E-state index >= 15 is 0 Å². The highest BCUT2D eigenvalue weighted by Crippen LogP contribution is 2.08. The van der Waals surface area contributed by atoms with Crippen LogP contribution in [0.1, 0.15) is 5.56 Å². The Morgan fingerprint density at radius 1 is 1.26 bits per heavy atom. The minimum Gasteiger partial charge on any atom is -0.355 e. The predicted molar refractivity (Wildman–Crippen MR) is 77.9 cm³/mol. The normalized spacial score (nSPS) is 11.6. The standard InChI is InChI=1S/C12H18N2O3S2/c1-14(2)19(16,17)8-7-13-12(15)9-10-3-5-11(18)6-4-10/h3-6,18H,7-9H2,1-2H3,(H,13,15). The Morgan fingerprint density at radius 2 is 1.84 bits per heavy atom. The van der Waals surface area contributed by atoms with Crippen LogP contribution < -0.4 is 5.32 Å². The fourth-order valence-electron chi connectivity index (χ4n) is 1.36.